The van der Waals surface area contributed by atoms with E-state index in [0.717, 1.165) is 25.0 Å². The van der Waals surface area contributed by atoms with Crippen LogP contribution in [0.2, 0.25) is 5.02 Å². The van der Waals surface area contributed by atoms with E-state index in [2.05, 4.69) is 6.92 Å². The molecule has 1 unspecified atom stereocenters. The normalized spacial score (nSPS) is 12.7. The van der Waals surface area contributed by atoms with E-state index in [4.69, 9.17) is 22.1 Å². The summed E-state index contributed by atoms with van der Waals surface area (Å²) in [5.41, 5.74) is 6.70. The third kappa shape index (κ3) is 5.02. The molecule has 2 nitrogen and oxygen atoms in total. The van der Waals surface area contributed by atoms with Gasteiger partial charge in [-0.05, 0) is 30.9 Å². The van der Waals surface area contributed by atoms with E-state index < -0.39 is 5.82 Å². The molecule has 1 rings (SSSR count). The molecule has 0 amide bonds. The Hall–Kier alpha value is -0.640. The van der Waals surface area contributed by atoms with E-state index in [1.807, 2.05) is 0 Å². The van der Waals surface area contributed by atoms with Crippen molar-refractivity contribution in [2.45, 2.75) is 32.2 Å². The van der Waals surface area contributed by atoms with E-state index in [1.165, 1.54) is 6.07 Å². The topological polar surface area (TPSA) is 35.2 Å². The highest BCUT2D eigenvalue weighted by Gasteiger charge is 2.10. The monoisotopic (exact) mass is 259 g/mol. The standard InChI is InChI=1S/C13H19ClFNO/c1-2-7-17-8-6-11(16)9-10-4-3-5-12(15)13(10)14/h3-5,11H,2,6-9,16H2,1H3. The average molecular weight is 260 g/mol. The average Bonchev–Trinajstić information content (AvgIpc) is 2.31. The maximum atomic E-state index is 13.2. The quantitative estimate of drug-likeness (QED) is 0.764. The van der Waals surface area contributed by atoms with Crippen LogP contribution in [0.15, 0.2) is 18.2 Å². The molecule has 0 aromatic heterocycles. The van der Waals surface area contributed by atoms with Gasteiger partial charge in [0.05, 0.1) is 5.02 Å². The van der Waals surface area contributed by atoms with Crippen molar-refractivity contribution in [3.63, 3.8) is 0 Å². The Morgan fingerprint density at radius 1 is 1.41 bits per heavy atom. The molecule has 1 atom stereocenters. The van der Waals surface area contributed by atoms with Crippen LogP contribution in [0.5, 0.6) is 0 Å². The van der Waals surface area contributed by atoms with Crippen LogP contribution < -0.4 is 5.73 Å². The van der Waals surface area contributed by atoms with Crippen LogP contribution in [0.25, 0.3) is 0 Å². The van der Waals surface area contributed by atoms with Crippen LogP contribution in [-0.2, 0) is 11.2 Å². The van der Waals surface area contributed by atoms with Crippen LogP contribution in [0, 0.1) is 5.82 Å². The van der Waals surface area contributed by atoms with E-state index >= 15 is 0 Å². The molecule has 96 valence electrons. The Morgan fingerprint density at radius 2 is 2.18 bits per heavy atom. The maximum Gasteiger partial charge on any atom is 0.142 e. The summed E-state index contributed by atoms with van der Waals surface area (Å²) in [6.45, 7) is 3.46. The SMILES string of the molecule is CCCOCCC(N)Cc1cccc(F)c1Cl. The Kier molecular flexibility index (Phi) is 6.48. The van der Waals surface area contributed by atoms with Gasteiger partial charge in [-0.1, -0.05) is 30.7 Å². The second kappa shape index (κ2) is 7.64. The number of benzene rings is 1. The molecule has 0 aliphatic carbocycles. The molecular weight excluding hydrogens is 241 g/mol. The zero-order valence-corrected chi connectivity index (χ0v) is 10.8. The summed E-state index contributed by atoms with van der Waals surface area (Å²) in [6, 6.07) is 4.75. The second-order valence-corrected chi connectivity index (χ2v) is 4.46. The number of nitrogens with two attached hydrogens (primary N) is 1. The van der Waals surface area contributed by atoms with Gasteiger partial charge in [0, 0.05) is 19.3 Å². The predicted octanol–water partition coefficient (Wildman–Crippen LogP) is 3.17. The van der Waals surface area contributed by atoms with Crippen LogP contribution >= 0.6 is 11.6 Å². The summed E-state index contributed by atoms with van der Waals surface area (Å²) in [4.78, 5) is 0. The molecule has 0 bridgehead atoms. The van der Waals surface area contributed by atoms with Crippen molar-refractivity contribution in [2.24, 2.45) is 5.73 Å². The van der Waals surface area contributed by atoms with Crippen LogP contribution in [0.3, 0.4) is 0 Å². The highest BCUT2D eigenvalue weighted by atomic mass is 35.5. The van der Waals surface area contributed by atoms with E-state index in [-0.39, 0.29) is 11.1 Å². The maximum absolute atomic E-state index is 13.2. The van der Waals surface area contributed by atoms with Gasteiger partial charge >= 0.3 is 0 Å². The third-order valence-electron chi connectivity index (χ3n) is 2.50. The van der Waals surface area contributed by atoms with Gasteiger partial charge in [-0.2, -0.15) is 0 Å². The number of hydrogen-bond acceptors (Lipinski definition) is 2. The molecule has 4 heteroatoms. The summed E-state index contributed by atoms with van der Waals surface area (Å²) in [7, 11) is 0. The molecule has 0 aliphatic rings. The predicted molar refractivity (Wildman–Crippen MR) is 68.8 cm³/mol. The molecule has 0 aliphatic heterocycles. The van der Waals surface area contributed by atoms with E-state index in [0.29, 0.717) is 13.0 Å². The van der Waals surface area contributed by atoms with Gasteiger partial charge in [-0.15, -0.1) is 0 Å². The van der Waals surface area contributed by atoms with Crippen LogP contribution in [0.4, 0.5) is 4.39 Å². The molecule has 2 N–H and O–H groups in total. The fourth-order valence-corrected chi connectivity index (χ4v) is 1.77. The van der Waals surface area contributed by atoms with E-state index in [9.17, 15) is 4.39 Å². The van der Waals surface area contributed by atoms with Gasteiger partial charge in [-0.25, -0.2) is 4.39 Å². The van der Waals surface area contributed by atoms with Crippen molar-refractivity contribution in [1.29, 1.82) is 0 Å². The first-order chi connectivity index (χ1) is 8.15. The lowest BCUT2D eigenvalue weighted by Crippen LogP contribution is -2.25. The zero-order chi connectivity index (χ0) is 12.7. The van der Waals surface area contributed by atoms with Crippen LogP contribution in [-0.4, -0.2) is 19.3 Å². The number of ether oxygens (including phenoxy) is 1. The Labute approximate surface area is 107 Å². The van der Waals surface area contributed by atoms with Gasteiger partial charge < -0.3 is 10.5 Å². The number of hydrogen-bond donors (Lipinski definition) is 1. The highest BCUT2D eigenvalue weighted by molar-refractivity contribution is 6.31. The molecule has 0 spiro atoms. The molecule has 0 heterocycles. The van der Waals surface area contributed by atoms with Gasteiger partial charge in [0.2, 0.25) is 0 Å². The molecule has 0 fully saturated rings. The Balaban J connectivity index is 2.39. The van der Waals surface area contributed by atoms with Gasteiger partial charge in [0.15, 0.2) is 0 Å². The van der Waals surface area contributed by atoms with Gasteiger partial charge in [0.25, 0.3) is 0 Å². The first kappa shape index (κ1) is 14.4. The minimum absolute atomic E-state index is 0.0499. The summed E-state index contributed by atoms with van der Waals surface area (Å²) >= 11 is 5.86. The fourth-order valence-electron chi connectivity index (χ4n) is 1.57. The summed E-state index contributed by atoms with van der Waals surface area (Å²) in [5.74, 6) is -0.390. The zero-order valence-electron chi connectivity index (χ0n) is 10.1. The van der Waals surface area contributed by atoms with E-state index in [1.54, 1.807) is 12.1 Å². The molecule has 1 aromatic carbocycles. The van der Waals surface area contributed by atoms with Crippen molar-refractivity contribution < 1.29 is 9.13 Å². The van der Waals surface area contributed by atoms with Crippen molar-refractivity contribution in [1.82, 2.24) is 0 Å². The lowest BCUT2D eigenvalue weighted by Gasteiger charge is -2.13. The number of halogens is 2. The van der Waals surface area contributed by atoms with Crippen molar-refractivity contribution in [2.75, 3.05) is 13.2 Å². The molecule has 1 aromatic rings. The minimum Gasteiger partial charge on any atom is -0.381 e. The third-order valence-corrected chi connectivity index (χ3v) is 2.92. The highest BCUT2D eigenvalue weighted by Crippen LogP contribution is 2.21. The van der Waals surface area contributed by atoms with Crippen molar-refractivity contribution in [3.05, 3.63) is 34.6 Å². The Bertz CT molecular complexity index is 346. The molecule has 0 saturated carbocycles. The minimum atomic E-state index is -0.390. The summed E-state index contributed by atoms with van der Waals surface area (Å²) in [5, 5.41) is 0.178. The smallest absolute Gasteiger partial charge is 0.142 e. The second-order valence-electron chi connectivity index (χ2n) is 4.08. The first-order valence-electron chi connectivity index (χ1n) is 5.91. The largest absolute Gasteiger partial charge is 0.381 e. The lowest BCUT2D eigenvalue weighted by atomic mass is 10.0. The van der Waals surface area contributed by atoms with Crippen molar-refractivity contribution in [3.8, 4) is 0 Å². The molecule has 17 heavy (non-hydrogen) atoms. The Morgan fingerprint density at radius 3 is 2.88 bits per heavy atom. The van der Waals surface area contributed by atoms with Crippen molar-refractivity contribution >= 4 is 11.6 Å². The van der Waals surface area contributed by atoms with Crippen LogP contribution in [0.1, 0.15) is 25.3 Å². The first-order valence-corrected chi connectivity index (χ1v) is 6.29. The van der Waals surface area contributed by atoms with Gasteiger partial charge in [0.1, 0.15) is 5.82 Å². The number of rotatable bonds is 7. The summed E-state index contributed by atoms with van der Waals surface area (Å²) < 4.78 is 18.5. The molecular formula is C13H19ClFNO. The van der Waals surface area contributed by atoms with Gasteiger partial charge in [-0.3, -0.25) is 0 Å². The lowest BCUT2D eigenvalue weighted by molar-refractivity contribution is 0.127. The fraction of sp³-hybridized carbons (Fsp3) is 0.538. The summed E-state index contributed by atoms with van der Waals surface area (Å²) in [6.07, 6.45) is 2.34. The molecule has 0 saturated heterocycles. The molecule has 0 radical (unpaired) electrons.